The number of nitrogens with one attached hydrogen (secondary N) is 1. The van der Waals surface area contributed by atoms with Crippen molar-refractivity contribution in [1.82, 2.24) is 10.2 Å². The van der Waals surface area contributed by atoms with Crippen LogP contribution in [0.5, 0.6) is 0 Å². The number of hydrogen-bond acceptors (Lipinski definition) is 3. The molecule has 0 radical (unpaired) electrons. The van der Waals surface area contributed by atoms with Crippen molar-refractivity contribution in [2.45, 2.75) is 26.8 Å². The van der Waals surface area contributed by atoms with Crippen LogP contribution >= 0.6 is 0 Å². The molecule has 1 aliphatic rings. The molecule has 1 fully saturated rings. The van der Waals surface area contributed by atoms with E-state index >= 15 is 0 Å². The lowest BCUT2D eigenvalue weighted by Gasteiger charge is -2.39. The first-order chi connectivity index (χ1) is 7.15. The highest BCUT2D eigenvalue weighted by atomic mass is 16.5. The second-order valence-electron chi connectivity index (χ2n) is 5.07. The number of rotatable bonds is 5. The third kappa shape index (κ3) is 4.09. The van der Waals surface area contributed by atoms with Crippen molar-refractivity contribution in [2.75, 3.05) is 39.9 Å². The fourth-order valence-corrected chi connectivity index (χ4v) is 2.39. The summed E-state index contributed by atoms with van der Waals surface area (Å²) in [6, 6.07) is 0.693. The van der Waals surface area contributed by atoms with E-state index in [1.807, 2.05) is 0 Å². The minimum atomic E-state index is 0.634. The lowest BCUT2D eigenvalue weighted by Crippen LogP contribution is -2.54. The van der Waals surface area contributed by atoms with E-state index in [1.54, 1.807) is 7.11 Å². The third-order valence-corrected chi connectivity index (χ3v) is 3.17. The zero-order valence-electron chi connectivity index (χ0n) is 10.6. The molecule has 90 valence electrons. The molecule has 1 saturated heterocycles. The van der Waals surface area contributed by atoms with Crippen molar-refractivity contribution >= 4 is 0 Å². The van der Waals surface area contributed by atoms with Gasteiger partial charge < -0.3 is 10.1 Å². The minimum absolute atomic E-state index is 0.634. The molecule has 0 aromatic rings. The summed E-state index contributed by atoms with van der Waals surface area (Å²) in [4.78, 5) is 2.62. The van der Waals surface area contributed by atoms with Crippen LogP contribution in [0, 0.1) is 11.8 Å². The monoisotopic (exact) mass is 214 g/mol. The van der Waals surface area contributed by atoms with Crippen LogP contribution in [-0.4, -0.2) is 50.8 Å². The Morgan fingerprint density at radius 2 is 2.13 bits per heavy atom. The zero-order valence-corrected chi connectivity index (χ0v) is 10.6. The average Bonchev–Trinajstić information content (AvgIpc) is 2.18. The summed E-state index contributed by atoms with van der Waals surface area (Å²) in [5.74, 6) is 1.36. The van der Waals surface area contributed by atoms with Gasteiger partial charge in [0.1, 0.15) is 0 Å². The summed E-state index contributed by atoms with van der Waals surface area (Å²) in [6.07, 6.45) is 0. The van der Waals surface area contributed by atoms with Crippen LogP contribution in [0.3, 0.4) is 0 Å². The molecule has 2 atom stereocenters. The summed E-state index contributed by atoms with van der Waals surface area (Å²) < 4.78 is 5.20. The topological polar surface area (TPSA) is 24.5 Å². The fraction of sp³-hybridized carbons (Fsp3) is 1.00. The SMILES string of the molecule is COCC(C)CN1CCNCC1C(C)C. The predicted molar refractivity (Wildman–Crippen MR) is 64.1 cm³/mol. The second kappa shape index (κ2) is 6.46. The Labute approximate surface area is 94.2 Å². The van der Waals surface area contributed by atoms with E-state index in [1.165, 1.54) is 13.1 Å². The number of nitrogens with zero attached hydrogens (tertiary/aromatic N) is 1. The number of ether oxygens (including phenoxy) is 1. The van der Waals surface area contributed by atoms with Gasteiger partial charge in [-0.3, -0.25) is 4.90 Å². The summed E-state index contributed by atoms with van der Waals surface area (Å²) in [6.45, 7) is 12.4. The molecule has 1 rings (SSSR count). The third-order valence-electron chi connectivity index (χ3n) is 3.17. The Bertz CT molecular complexity index is 173. The van der Waals surface area contributed by atoms with Crippen molar-refractivity contribution < 1.29 is 4.74 Å². The molecular weight excluding hydrogens is 188 g/mol. The molecule has 0 aromatic carbocycles. The van der Waals surface area contributed by atoms with Crippen LogP contribution in [0.15, 0.2) is 0 Å². The van der Waals surface area contributed by atoms with Crippen LogP contribution in [0.25, 0.3) is 0 Å². The van der Waals surface area contributed by atoms with Gasteiger partial charge in [-0.1, -0.05) is 20.8 Å². The van der Waals surface area contributed by atoms with Crippen LogP contribution in [0.4, 0.5) is 0 Å². The van der Waals surface area contributed by atoms with Gasteiger partial charge in [0.15, 0.2) is 0 Å². The highest BCUT2D eigenvalue weighted by Gasteiger charge is 2.25. The van der Waals surface area contributed by atoms with Gasteiger partial charge in [-0.15, -0.1) is 0 Å². The highest BCUT2D eigenvalue weighted by Crippen LogP contribution is 2.14. The molecule has 0 bridgehead atoms. The fourth-order valence-electron chi connectivity index (χ4n) is 2.39. The van der Waals surface area contributed by atoms with Crippen molar-refractivity contribution in [2.24, 2.45) is 11.8 Å². The van der Waals surface area contributed by atoms with Crippen molar-refractivity contribution in [3.63, 3.8) is 0 Å². The van der Waals surface area contributed by atoms with Crippen molar-refractivity contribution in [1.29, 1.82) is 0 Å². The van der Waals surface area contributed by atoms with Crippen LogP contribution in [0.1, 0.15) is 20.8 Å². The van der Waals surface area contributed by atoms with E-state index in [9.17, 15) is 0 Å². The molecule has 0 saturated carbocycles. The molecule has 1 N–H and O–H groups in total. The van der Waals surface area contributed by atoms with E-state index in [4.69, 9.17) is 4.74 Å². The maximum Gasteiger partial charge on any atom is 0.0500 e. The van der Waals surface area contributed by atoms with E-state index in [0.717, 1.165) is 25.6 Å². The van der Waals surface area contributed by atoms with Gasteiger partial charge in [0.25, 0.3) is 0 Å². The predicted octanol–water partition coefficient (Wildman–Crippen LogP) is 1.20. The summed E-state index contributed by atoms with van der Waals surface area (Å²) in [7, 11) is 1.79. The highest BCUT2D eigenvalue weighted by molar-refractivity contribution is 4.82. The lowest BCUT2D eigenvalue weighted by atomic mass is 9.99. The van der Waals surface area contributed by atoms with E-state index < -0.39 is 0 Å². The van der Waals surface area contributed by atoms with Crippen molar-refractivity contribution in [3.05, 3.63) is 0 Å². The van der Waals surface area contributed by atoms with Gasteiger partial charge in [0.05, 0.1) is 0 Å². The number of hydrogen-bond donors (Lipinski definition) is 1. The Morgan fingerprint density at radius 1 is 1.40 bits per heavy atom. The normalized spacial score (nSPS) is 25.8. The molecule has 0 amide bonds. The van der Waals surface area contributed by atoms with Gasteiger partial charge in [-0.2, -0.15) is 0 Å². The molecule has 1 heterocycles. The maximum atomic E-state index is 5.20. The first-order valence-corrected chi connectivity index (χ1v) is 6.08. The second-order valence-corrected chi connectivity index (χ2v) is 5.07. The quantitative estimate of drug-likeness (QED) is 0.744. The van der Waals surface area contributed by atoms with E-state index in [2.05, 4.69) is 31.0 Å². The van der Waals surface area contributed by atoms with Gasteiger partial charge in [0, 0.05) is 45.9 Å². The first kappa shape index (κ1) is 12.9. The van der Waals surface area contributed by atoms with Crippen LogP contribution < -0.4 is 5.32 Å². The molecule has 15 heavy (non-hydrogen) atoms. The molecule has 3 nitrogen and oxygen atoms in total. The molecule has 3 heteroatoms. The molecule has 0 aliphatic carbocycles. The van der Waals surface area contributed by atoms with Gasteiger partial charge in [-0.05, 0) is 11.8 Å². The van der Waals surface area contributed by atoms with Crippen LogP contribution in [-0.2, 0) is 4.74 Å². The number of methoxy groups -OCH3 is 1. The van der Waals surface area contributed by atoms with Crippen LogP contribution in [0.2, 0.25) is 0 Å². The van der Waals surface area contributed by atoms with E-state index in [0.29, 0.717) is 12.0 Å². The van der Waals surface area contributed by atoms with Crippen molar-refractivity contribution in [3.8, 4) is 0 Å². The Balaban J connectivity index is 2.42. The first-order valence-electron chi connectivity index (χ1n) is 6.08. The largest absolute Gasteiger partial charge is 0.384 e. The Kier molecular flexibility index (Phi) is 5.58. The zero-order chi connectivity index (χ0) is 11.3. The molecule has 2 unspecified atom stereocenters. The van der Waals surface area contributed by atoms with Gasteiger partial charge in [-0.25, -0.2) is 0 Å². The number of piperazine rings is 1. The molecule has 0 aromatic heterocycles. The average molecular weight is 214 g/mol. The maximum absolute atomic E-state index is 5.20. The summed E-state index contributed by atoms with van der Waals surface area (Å²) in [5, 5.41) is 3.48. The molecular formula is C12H26N2O. The summed E-state index contributed by atoms with van der Waals surface area (Å²) in [5.41, 5.74) is 0. The minimum Gasteiger partial charge on any atom is -0.384 e. The Hall–Kier alpha value is -0.120. The molecule has 0 spiro atoms. The summed E-state index contributed by atoms with van der Waals surface area (Å²) >= 11 is 0. The Morgan fingerprint density at radius 3 is 2.73 bits per heavy atom. The smallest absolute Gasteiger partial charge is 0.0500 e. The van der Waals surface area contributed by atoms with Gasteiger partial charge >= 0.3 is 0 Å². The lowest BCUT2D eigenvalue weighted by molar-refractivity contribution is 0.0782. The standard InChI is InChI=1S/C12H26N2O/c1-10(2)12-7-13-5-6-14(12)8-11(3)9-15-4/h10-13H,5-9H2,1-4H3. The van der Waals surface area contributed by atoms with E-state index in [-0.39, 0.29) is 0 Å². The molecule has 1 aliphatic heterocycles. The van der Waals surface area contributed by atoms with Gasteiger partial charge in [0.2, 0.25) is 0 Å².